The van der Waals surface area contributed by atoms with Crippen LogP contribution in [0.3, 0.4) is 0 Å². The molecule has 3 heterocycles. The van der Waals surface area contributed by atoms with Crippen molar-refractivity contribution in [1.82, 2.24) is 24.9 Å². The molecule has 0 saturated carbocycles. The van der Waals surface area contributed by atoms with E-state index in [0.717, 1.165) is 10.6 Å². The van der Waals surface area contributed by atoms with Gasteiger partial charge in [0, 0.05) is 20.2 Å². The second-order valence-electron chi connectivity index (χ2n) is 5.61. The van der Waals surface area contributed by atoms with E-state index in [0.29, 0.717) is 39.7 Å². The molecule has 0 unspecified atom stereocenters. The third-order valence-corrected chi connectivity index (χ3v) is 5.14. The number of halogens is 1. The number of hydrogen-bond acceptors (Lipinski definition) is 7. The lowest BCUT2D eigenvalue weighted by Crippen LogP contribution is -2.13. The van der Waals surface area contributed by atoms with E-state index in [1.807, 2.05) is 19.2 Å². The van der Waals surface area contributed by atoms with Crippen LogP contribution in [0.5, 0.6) is 0 Å². The van der Waals surface area contributed by atoms with Crippen LogP contribution in [-0.2, 0) is 11.8 Å². The third kappa shape index (κ3) is 3.22. The molecule has 4 aromatic rings. The fraction of sp³-hybridized carbons (Fsp3) is 0.118. The summed E-state index contributed by atoms with van der Waals surface area (Å²) >= 11 is 7.56. The minimum Gasteiger partial charge on any atom is -0.339 e. The lowest BCUT2D eigenvalue weighted by Gasteiger charge is -2.15. The lowest BCUT2D eigenvalue weighted by molar-refractivity contribution is -0.106. The van der Waals surface area contributed by atoms with Crippen molar-refractivity contribution >= 4 is 40.2 Å². The molecule has 136 valence electrons. The van der Waals surface area contributed by atoms with Crippen molar-refractivity contribution in [1.29, 1.82) is 0 Å². The summed E-state index contributed by atoms with van der Waals surface area (Å²) in [5.74, 6) is 0.892. The van der Waals surface area contributed by atoms with Gasteiger partial charge in [-0.2, -0.15) is 10.1 Å². The molecule has 0 spiro atoms. The number of rotatable bonds is 5. The summed E-state index contributed by atoms with van der Waals surface area (Å²) in [5.41, 5.74) is 1.99. The van der Waals surface area contributed by atoms with Gasteiger partial charge in [0.2, 0.25) is 18.1 Å². The number of thiazole rings is 1. The van der Waals surface area contributed by atoms with E-state index in [1.54, 1.807) is 36.0 Å². The Morgan fingerprint density at radius 1 is 1.33 bits per heavy atom. The highest BCUT2D eigenvalue weighted by Gasteiger charge is 2.19. The molecule has 1 amide bonds. The molecule has 0 aliphatic carbocycles. The minimum atomic E-state index is 0.421. The van der Waals surface area contributed by atoms with E-state index in [2.05, 4.69) is 20.2 Å². The van der Waals surface area contributed by atoms with Crippen molar-refractivity contribution in [3.8, 4) is 22.1 Å². The van der Waals surface area contributed by atoms with Gasteiger partial charge in [-0.1, -0.05) is 40.2 Å². The highest BCUT2D eigenvalue weighted by Crippen LogP contribution is 2.37. The Kier molecular flexibility index (Phi) is 4.46. The van der Waals surface area contributed by atoms with Crippen LogP contribution >= 0.6 is 22.9 Å². The van der Waals surface area contributed by atoms with E-state index >= 15 is 0 Å². The van der Waals surface area contributed by atoms with Crippen molar-refractivity contribution < 1.29 is 9.32 Å². The number of para-hydroxylation sites is 1. The smallest absolute Gasteiger partial charge is 0.223 e. The van der Waals surface area contributed by atoms with Gasteiger partial charge in [0.1, 0.15) is 5.69 Å². The molecule has 0 bridgehead atoms. The predicted octanol–water partition coefficient (Wildman–Crippen LogP) is 3.85. The maximum absolute atomic E-state index is 11.7. The van der Waals surface area contributed by atoms with Crippen LogP contribution in [-0.4, -0.2) is 31.3 Å². The first-order valence-electron chi connectivity index (χ1n) is 7.87. The first kappa shape index (κ1) is 17.4. The molecule has 0 saturated heterocycles. The molecule has 0 atom stereocenters. The van der Waals surface area contributed by atoms with E-state index in [1.165, 1.54) is 16.2 Å². The number of carbonyl (C=O) groups is 1. The lowest BCUT2D eigenvalue weighted by atomic mass is 10.3. The Morgan fingerprint density at radius 3 is 2.85 bits per heavy atom. The Balaban J connectivity index is 1.69. The van der Waals surface area contributed by atoms with Gasteiger partial charge in [0.15, 0.2) is 5.13 Å². The maximum atomic E-state index is 11.7. The first-order valence-corrected chi connectivity index (χ1v) is 9.06. The topological polar surface area (TPSA) is 89.9 Å². The first-order chi connectivity index (χ1) is 13.1. The summed E-state index contributed by atoms with van der Waals surface area (Å²) in [6, 6.07) is 8.95. The van der Waals surface area contributed by atoms with E-state index in [9.17, 15) is 4.79 Å². The zero-order valence-electron chi connectivity index (χ0n) is 14.3. The second-order valence-corrected chi connectivity index (χ2v) is 7.03. The number of aromatic nitrogens is 5. The number of carbonyl (C=O) groups excluding carboxylic acids is 1. The molecule has 0 aliphatic rings. The molecule has 10 heteroatoms. The normalized spacial score (nSPS) is 10.9. The molecule has 27 heavy (non-hydrogen) atoms. The van der Waals surface area contributed by atoms with Crippen molar-refractivity contribution in [2.75, 3.05) is 4.90 Å². The Morgan fingerprint density at radius 2 is 2.15 bits per heavy atom. The predicted molar refractivity (Wildman–Crippen MR) is 102 cm³/mol. The number of anilines is 2. The number of nitrogens with zero attached hydrogens (tertiary/aromatic N) is 6. The summed E-state index contributed by atoms with van der Waals surface area (Å²) in [5, 5.41) is 9.29. The van der Waals surface area contributed by atoms with E-state index in [-0.39, 0.29) is 0 Å². The second kappa shape index (κ2) is 6.93. The summed E-state index contributed by atoms with van der Waals surface area (Å²) in [4.78, 5) is 22.5. The van der Waals surface area contributed by atoms with E-state index < -0.39 is 0 Å². The quantitative estimate of drug-likeness (QED) is 0.472. The molecule has 0 N–H and O–H groups in total. The summed E-state index contributed by atoms with van der Waals surface area (Å²) in [7, 11) is 1.82. The summed E-state index contributed by atoms with van der Waals surface area (Å²) in [6.07, 6.45) is 2.39. The maximum Gasteiger partial charge on any atom is 0.223 e. The van der Waals surface area contributed by atoms with Crippen LogP contribution in [0, 0.1) is 6.92 Å². The van der Waals surface area contributed by atoms with Gasteiger partial charge in [-0.05, 0) is 18.2 Å². The highest BCUT2D eigenvalue weighted by molar-refractivity contribution is 7.19. The molecule has 4 rings (SSSR count). The average Bonchev–Trinajstić information content (AvgIpc) is 3.37. The minimum absolute atomic E-state index is 0.421. The zero-order valence-corrected chi connectivity index (χ0v) is 15.9. The van der Waals surface area contributed by atoms with Crippen LogP contribution in [0.25, 0.3) is 22.1 Å². The largest absolute Gasteiger partial charge is 0.339 e. The van der Waals surface area contributed by atoms with Crippen LogP contribution in [0.15, 0.2) is 41.1 Å². The molecule has 0 radical (unpaired) electrons. The third-order valence-electron chi connectivity index (χ3n) is 3.81. The Hall–Kier alpha value is -3.04. The number of aryl methyl sites for hydroxylation is 2. The number of benzene rings is 1. The number of amides is 1. The van der Waals surface area contributed by atoms with Crippen molar-refractivity contribution in [3.63, 3.8) is 0 Å². The molecular weight excluding hydrogens is 388 g/mol. The fourth-order valence-electron chi connectivity index (χ4n) is 2.56. The van der Waals surface area contributed by atoms with Gasteiger partial charge in [-0.15, -0.1) is 0 Å². The van der Waals surface area contributed by atoms with Gasteiger partial charge in [-0.25, -0.2) is 4.98 Å². The fourth-order valence-corrected chi connectivity index (χ4v) is 3.73. The van der Waals surface area contributed by atoms with Crippen LogP contribution < -0.4 is 4.90 Å². The van der Waals surface area contributed by atoms with Crippen molar-refractivity contribution in [3.05, 3.63) is 47.4 Å². The molecule has 8 nitrogen and oxygen atoms in total. The monoisotopic (exact) mass is 400 g/mol. The standard InChI is InChI=1S/C17H13ClN6O2S/c1-10-20-16(22-26-10)12-7-14(23(2)21-12)15-8-19-17(27-15)24(9-25)13-6-4-3-5-11(13)18/h3-9H,1-2H3. The number of hydrogen-bond donors (Lipinski definition) is 0. The van der Waals surface area contributed by atoms with Gasteiger partial charge < -0.3 is 4.52 Å². The summed E-state index contributed by atoms with van der Waals surface area (Å²) < 4.78 is 6.71. The molecule has 3 aromatic heterocycles. The summed E-state index contributed by atoms with van der Waals surface area (Å²) in [6.45, 7) is 1.72. The highest BCUT2D eigenvalue weighted by atomic mass is 35.5. The Bertz CT molecular complexity index is 1120. The van der Waals surface area contributed by atoms with Gasteiger partial charge in [0.25, 0.3) is 0 Å². The molecule has 0 aliphatic heterocycles. The van der Waals surface area contributed by atoms with Gasteiger partial charge in [-0.3, -0.25) is 14.4 Å². The van der Waals surface area contributed by atoms with Gasteiger partial charge in [0.05, 0.1) is 21.3 Å². The van der Waals surface area contributed by atoms with Crippen molar-refractivity contribution in [2.45, 2.75) is 6.92 Å². The van der Waals surface area contributed by atoms with Crippen molar-refractivity contribution in [2.24, 2.45) is 7.05 Å². The van der Waals surface area contributed by atoms with Crippen LogP contribution in [0.2, 0.25) is 5.02 Å². The zero-order chi connectivity index (χ0) is 19.0. The van der Waals surface area contributed by atoms with Gasteiger partial charge >= 0.3 is 0 Å². The molecule has 1 aromatic carbocycles. The Labute approximate surface area is 163 Å². The van der Waals surface area contributed by atoms with Crippen LogP contribution in [0.4, 0.5) is 10.8 Å². The van der Waals surface area contributed by atoms with E-state index in [4.69, 9.17) is 16.1 Å². The molecular formula is C17H13ClN6O2S. The molecule has 0 fully saturated rings. The average molecular weight is 401 g/mol. The van der Waals surface area contributed by atoms with Crippen LogP contribution in [0.1, 0.15) is 5.89 Å². The SMILES string of the molecule is Cc1nc(-c2cc(-c3cnc(N(C=O)c4ccccc4Cl)s3)n(C)n2)no1.